The van der Waals surface area contributed by atoms with Crippen molar-refractivity contribution in [1.29, 1.82) is 0 Å². The molecule has 0 unspecified atom stereocenters. The van der Waals surface area contributed by atoms with Crippen LogP contribution in [-0.2, 0) is 12.7 Å². The number of alkyl halides is 3. The number of halogens is 3. The fraction of sp³-hybridized carbons (Fsp3) is 0.333. The van der Waals surface area contributed by atoms with E-state index in [1.165, 1.54) is 6.07 Å². The van der Waals surface area contributed by atoms with E-state index in [4.69, 9.17) is 0 Å². The molecule has 0 bridgehead atoms. The lowest BCUT2D eigenvalue weighted by molar-refractivity contribution is -0.137. The molecule has 1 aliphatic heterocycles. The highest BCUT2D eigenvalue weighted by Gasteiger charge is 2.31. The van der Waals surface area contributed by atoms with Gasteiger partial charge in [-0.2, -0.15) is 13.2 Å². The van der Waals surface area contributed by atoms with Crippen LogP contribution in [-0.4, -0.2) is 32.9 Å². The van der Waals surface area contributed by atoms with Crippen LogP contribution in [0.4, 0.5) is 13.2 Å². The lowest BCUT2D eigenvalue weighted by Crippen LogP contribution is -2.20. The summed E-state index contributed by atoms with van der Waals surface area (Å²) in [5.74, 6) is 0.961. The quantitative estimate of drug-likeness (QED) is 0.781. The smallest absolute Gasteiger partial charge is 0.342 e. The number of hydrogen-bond acceptors (Lipinski definition) is 3. The average Bonchev–Trinajstić information content (AvgIpc) is 3.20. The van der Waals surface area contributed by atoms with Crippen LogP contribution in [0.25, 0.3) is 11.0 Å². The van der Waals surface area contributed by atoms with Crippen LogP contribution in [0.1, 0.15) is 29.4 Å². The molecule has 4 rings (SSSR count). The molecule has 0 saturated carbocycles. The molecule has 25 heavy (non-hydrogen) atoms. The molecule has 1 fully saturated rings. The summed E-state index contributed by atoms with van der Waals surface area (Å²) in [6, 6.07) is 9.49. The minimum absolute atomic E-state index is 0.199. The van der Waals surface area contributed by atoms with E-state index in [0.29, 0.717) is 11.0 Å². The molecule has 1 saturated heterocycles. The number of aromatic nitrogens is 3. The third-order valence-electron chi connectivity index (χ3n) is 4.60. The van der Waals surface area contributed by atoms with Crippen molar-refractivity contribution in [3.05, 3.63) is 59.7 Å². The molecule has 2 aromatic heterocycles. The van der Waals surface area contributed by atoms with Crippen molar-refractivity contribution >= 4 is 11.0 Å². The van der Waals surface area contributed by atoms with Crippen LogP contribution in [0, 0.1) is 0 Å². The maximum atomic E-state index is 12.8. The maximum Gasteiger partial charge on any atom is 0.416 e. The molecule has 0 amide bonds. The number of rotatable bonds is 3. The van der Waals surface area contributed by atoms with Crippen LogP contribution < -0.4 is 0 Å². The molecule has 4 nitrogen and oxygen atoms in total. The van der Waals surface area contributed by atoms with Gasteiger partial charge in [-0.1, -0.05) is 6.07 Å². The van der Waals surface area contributed by atoms with Gasteiger partial charge < -0.3 is 4.98 Å². The highest BCUT2D eigenvalue weighted by Crippen LogP contribution is 2.32. The van der Waals surface area contributed by atoms with Gasteiger partial charge in [-0.15, -0.1) is 0 Å². The third kappa shape index (κ3) is 3.37. The van der Waals surface area contributed by atoms with Crippen molar-refractivity contribution < 1.29 is 13.2 Å². The zero-order valence-electron chi connectivity index (χ0n) is 13.4. The summed E-state index contributed by atoms with van der Waals surface area (Å²) in [5, 5.41) is 0. The van der Waals surface area contributed by atoms with E-state index in [9.17, 15) is 13.2 Å². The van der Waals surface area contributed by atoms with Gasteiger partial charge in [0.1, 0.15) is 5.82 Å². The van der Waals surface area contributed by atoms with Crippen molar-refractivity contribution in [2.75, 3.05) is 13.1 Å². The van der Waals surface area contributed by atoms with E-state index in [0.717, 1.165) is 49.7 Å². The first kappa shape index (κ1) is 16.1. The molecule has 130 valence electrons. The van der Waals surface area contributed by atoms with Gasteiger partial charge in [0, 0.05) is 25.2 Å². The Bertz CT molecular complexity index is 873. The normalized spacial score (nSPS) is 18.9. The van der Waals surface area contributed by atoms with E-state index in [1.807, 2.05) is 18.2 Å². The number of fused-ring (bicyclic) bond motifs is 1. The van der Waals surface area contributed by atoms with Gasteiger partial charge in [-0.25, -0.2) is 4.98 Å². The summed E-state index contributed by atoms with van der Waals surface area (Å²) in [6.07, 6.45) is -1.63. The van der Waals surface area contributed by atoms with Gasteiger partial charge in [0.05, 0.1) is 22.3 Å². The van der Waals surface area contributed by atoms with Crippen molar-refractivity contribution in [3.8, 4) is 0 Å². The first-order valence-electron chi connectivity index (χ1n) is 8.18. The summed E-state index contributed by atoms with van der Waals surface area (Å²) < 4.78 is 38.5. The molecule has 1 N–H and O–H groups in total. The number of aromatic amines is 1. The molecule has 1 aliphatic rings. The summed E-state index contributed by atoms with van der Waals surface area (Å²) in [4.78, 5) is 14.2. The Balaban J connectivity index is 1.50. The zero-order valence-corrected chi connectivity index (χ0v) is 13.4. The summed E-state index contributed by atoms with van der Waals surface area (Å²) in [6.45, 7) is 2.52. The minimum Gasteiger partial charge on any atom is -0.342 e. The Morgan fingerprint density at radius 2 is 2.08 bits per heavy atom. The van der Waals surface area contributed by atoms with E-state index in [1.54, 1.807) is 6.20 Å². The lowest BCUT2D eigenvalue weighted by Gasteiger charge is -2.14. The van der Waals surface area contributed by atoms with Crippen molar-refractivity contribution in [2.45, 2.75) is 25.1 Å². The van der Waals surface area contributed by atoms with Crippen LogP contribution in [0.3, 0.4) is 0 Å². The molecule has 0 aliphatic carbocycles. The molecule has 0 radical (unpaired) electrons. The Labute approximate surface area is 142 Å². The molecule has 3 heterocycles. The average molecular weight is 346 g/mol. The van der Waals surface area contributed by atoms with Gasteiger partial charge >= 0.3 is 6.18 Å². The number of H-pyrrole nitrogens is 1. The molecule has 3 aromatic rings. The summed E-state index contributed by atoms with van der Waals surface area (Å²) >= 11 is 0. The summed E-state index contributed by atoms with van der Waals surface area (Å²) in [5.41, 5.74) is 1.38. The predicted molar refractivity (Wildman–Crippen MR) is 88.0 cm³/mol. The first-order valence-corrected chi connectivity index (χ1v) is 8.18. The Morgan fingerprint density at radius 1 is 1.20 bits per heavy atom. The number of nitrogens with zero attached hydrogens (tertiary/aromatic N) is 3. The van der Waals surface area contributed by atoms with E-state index >= 15 is 0 Å². The number of pyridine rings is 1. The van der Waals surface area contributed by atoms with Crippen molar-refractivity contribution in [3.63, 3.8) is 0 Å². The van der Waals surface area contributed by atoms with Crippen molar-refractivity contribution in [2.24, 2.45) is 0 Å². The fourth-order valence-corrected chi connectivity index (χ4v) is 3.32. The van der Waals surface area contributed by atoms with E-state index < -0.39 is 11.7 Å². The van der Waals surface area contributed by atoms with Crippen molar-refractivity contribution in [1.82, 2.24) is 19.9 Å². The van der Waals surface area contributed by atoms with Crippen LogP contribution in [0.5, 0.6) is 0 Å². The zero-order chi connectivity index (χ0) is 17.4. The second kappa shape index (κ2) is 6.15. The Kier molecular flexibility index (Phi) is 3.95. The number of likely N-dealkylation sites (tertiary alicyclic amines) is 1. The molecule has 1 atom stereocenters. The Hall–Kier alpha value is -2.41. The summed E-state index contributed by atoms with van der Waals surface area (Å²) in [7, 11) is 0. The number of nitrogens with one attached hydrogen (secondary N) is 1. The molecular weight excluding hydrogens is 329 g/mol. The molecule has 7 heteroatoms. The van der Waals surface area contributed by atoms with Gasteiger partial charge in [0.2, 0.25) is 0 Å². The fourth-order valence-electron chi connectivity index (χ4n) is 3.32. The van der Waals surface area contributed by atoms with Gasteiger partial charge in [-0.05, 0) is 43.3 Å². The standard InChI is InChI=1S/C18H17F3N4/c19-18(20,21)13-4-5-15-16(9-13)24-17(23-15)12-6-8-25(10-12)11-14-3-1-2-7-22-14/h1-5,7,9,12H,6,8,10-11H2,(H,23,24)/t12-/m0/s1. The van der Waals surface area contributed by atoms with Gasteiger partial charge in [0.25, 0.3) is 0 Å². The minimum atomic E-state index is -4.34. The van der Waals surface area contributed by atoms with Crippen LogP contribution >= 0.6 is 0 Å². The predicted octanol–water partition coefficient (Wildman–Crippen LogP) is 3.97. The van der Waals surface area contributed by atoms with Crippen LogP contribution in [0.15, 0.2) is 42.6 Å². The number of hydrogen-bond donors (Lipinski definition) is 1. The number of benzene rings is 1. The topological polar surface area (TPSA) is 44.8 Å². The third-order valence-corrected chi connectivity index (χ3v) is 4.60. The highest BCUT2D eigenvalue weighted by atomic mass is 19.4. The monoisotopic (exact) mass is 346 g/mol. The first-order chi connectivity index (χ1) is 12.0. The van der Waals surface area contributed by atoms with Gasteiger partial charge in [0.15, 0.2) is 0 Å². The van der Waals surface area contributed by atoms with E-state index in [-0.39, 0.29) is 5.92 Å². The second-order valence-electron chi connectivity index (χ2n) is 6.39. The van der Waals surface area contributed by atoms with Gasteiger partial charge in [-0.3, -0.25) is 9.88 Å². The molecular formula is C18H17F3N4. The highest BCUT2D eigenvalue weighted by molar-refractivity contribution is 5.76. The molecule has 1 aromatic carbocycles. The Morgan fingerprint density at radius 3 is 2.84 bits per heavy atom. The lowest BCUT2D eigenvalue weighted by atomic mass is 10.1. The van der Waals surface area contributed by atoms with Crippen LogP contribution in [0.2, 0.25) is 0 Å². The number of imidazole rings is 1. The maximum absolute atomic E-state index is 12.8. The second-order valence-corrected chi connectivity index (χ2v) is 6.39. The SMILES string of the molecule is FC(F)(F)c1ccc2nc([C@H]3CCN(Cc4ccccn4)C3)[nH]c2c1. The van der Waals surface area contributed by atoms with E-state index in [2.05, 4.69) is 19.9 Å². The molecule has 0 spiro atoms. The largest absolute Gasteiger partial charge is 0.416 e.